The van der Waals surface area contributed by atoms with Crippen molar-refractivity contribution in [2.75, 3.05) is 31.0 Å². The van der Waals surface area contributed by atoms with Crippen LogP contribution in [0.3, 0.4) is 0 Å². The first-order chi connectivity index (χ1) is 11.9. The van der Waals surface area contributed by atoms with E-state index >= 15 is 0 Å². The molecule has 1 fully saturated rings. The Labute approximate surface area is 146 Å². The van der Waals surface area contributed by atoms with Gasteiger partial charge in [0.25, 0.3) is 10.0 Å². The minimum Gasteiger partial charge on any atom is -0.379 e. The van der Waals surface area contributed by atoms with E-state index in [1.807, 2.05) is 0 Å². The number of pyridine rings is 1. The Morgan fingerprint density at radius 2 is 1.72 bits per heavy atom. The second kappa shape index (κ2) is 7.08. The van der Waals surface area contributed by atoms with Crippen molar-refractivity contribution in [3.05, 3.63) is 48.8 Å². The standard InChI is InChI=1S/C15H17N3O5S2/c19-24(20,17-13-3-2-6-16-12-13)14-4-1-5-15(11-14)25(21,22)18-7-9-23-10-8-18/h1-6,11-12,17H,7-10H2. The third-order valence-corrected chi connectivity index (χ3v) is 6.91. The topological polar surface area (TPSA) is 106 Å². The quantitative estimate of drug-likeness (QED) is 0.822. The fourth-order valence-corrected chi connectivity index (χ4v) is 4.99. The van der Waals surface area contributed by atoms with E-state index in [-0.39, 0.29) is 22.9 Å². The highest BCUT2D eigenvalue weighted by Gasteiger charge is 2.27. The number of ether oxygens (including phenoxy) is 1. The van der Waals surface area contributed by atoms with Crippen LogP contribution in [-0.2, 0) is 24.8 Å². The summed E-state index contributed by atoms with van der Waals surface area (Å²) in [5.74, 6) is 0. The number of nitrogens with zero attached hydrogens (tertiary/aromatic N) is 2. The first-order valence-corrected chi connectivity index (χ1v) is 10.4. The zero-order valence-corrected chi connectivity index (χ0v) is 14.8. The third-order valence-electron chi connectivity index (χ3n) is 3.64. The number of sulfonamides is 2. The summed E-state index contributed by atoms with van der Waals surface area (Å²) in [5.41, 5.74) is 0.295. The SMILES string of the molecule is O=S(=O)(Nc1cccnc1)c1cccc(S(=O)(=O)N2CCOCC2)c1. The van der Waals surface area contributed by atoms with Gasteiger partial charge in [0.15, 0.2) is 0 Å². The van der Waals surface area contributed by atoms with Crippen molar-refractivity contribution < 1.29 is 21.6 Å². The Morgan fingerprint density at radius 3 is 2.40 bits per heavy atom. The van der Waals surface area contributed by atoms with E-state index in [9.17, 15) is 16.8 Å². The highest BCUT2D eigenvalue weighted by molar-refractivity contribution is 7.93. The van der Waals surface area contributed by atoms with Crippen LogP contribution in [-0.4, -0.2) is 52.4 Å². The van der Waals surface area contributed by atoms with Gasteiger partial charge in [0.2, 0.25) is 10.0 Å². The smallest absolute Gasteiger partial charge is 0.261 e. The van der Waals surface area contributed by atoms with Gasteiger partial charge < -0.3 is 4.74 Å². The van der Waals surface area contributed by atoms with Crippen LogP contribution in [0.4, 0.5) is 5.69 Å². The molecule has 0 radical (unpaired) electrons. The van der Waals surface area contributed by atoms with Gasteiger partial charge in [-0.25, -0.2) is 16.8 Å². The van der Waals surface area contributed by atoms with Gasteiger partial charge >= 0.3 is 0 Å². The summed E-state index contributed by atoms with van der Waals surface area (Å²) in [6.45, 7) is 1.13. The summed E-state index contributed by atoms with van der Waals surface area (Å²) >= 11 is 0. The zero-order chi connectivity index (χ0) is 17.9. The van der Waals surface area contributed by atoms with Gasteiger partial charge in [-0.2, -0.15) is 4.31 Å². The molecule has 25 heavy (non-hydrogen) atoms. The van der Waals surface area contributed by atoms with E-state index in [0.29, 0.717) is 18.9 Å². The Balaban J connectivity index is 1.90. The molecule has 2 aromatic rings. The molecule has 0 unspecified atom stereocenters. The number of rotatable bonds is 5. The summed E-state index contributed by atoms with van der Waals surface area (Å²) in [6.07, 6.45) is 2.89. The highest BCUT2D eigenvalue weighted by Crippen LogP contribution is 2.22. The lowest BCUT2D eigenvalue weighted by atomic mass is 10.4. The number of nitrogens with one attached hydrogen (secondary N) is 1. The molecule has 1 N–H and O–H groups in total. The van der Waals surface area contributed by atoms with Gasteiger partial charge in [0.05, 0.1) is 34.9 Å². The predicted octanol–water partition coefficient (Wildman–Crippen LogP) is 0.903. The minimum absolute atomic E-state index is 0.0662. The second-order valence-electron chi connectivity index (χ2n) is 5.34. The molecule has 0 aliphatic carbocycles. The van der Waals surface area contributed by atoms with Crippen molar-refractivity contribution in [1.82, 2.24) is 9.29 Å². The molecule has 134 valence electrons. The van der Waals surface area contributed by atoms with Crippen molar-refractivity contribution in [2.24, 2.45) is 0 Å². The number of morpholine rings is 1. The molecule has 1 aliphatic heterocycles. The van der Waals surface area contributed by atoms with Crippen LogP contribution in [0.25, 0.3) is 0 Å². The van der Waals surface area contributed by atoms with Gasteiger partial charge in [0.1, 0.15) is 0 Å². The molecule has 1 aliphatic rings. The Bertz CT molecular complexity index is 940. The van der Waals surface area contributed by atoms with Crippen LogP contribution in [0.2, 0.25) is 0 Å². The van der Waals surface area contributed by atoms with E-state index < -0.39 is 20.0 Å². The van der Waals surface area contributed by atoms with Crippen LogP contribution in [0.5, 0.6) is 0 Å². The van der Waals surface area contributed by atoms with Crippen molar-refractivity contribution >= 4 is 25.7 Å². The zero-order valence-electron chi connectivity index (χ0n) is 13.2. The number of hydrogen-bond acceptors (Lipinski definition) is 6. The summed E-state index contributed by atoms with van der Waals surface area (Å²) in [7, 11) is -7.69. The average Bonchev–Trinajstić information content (AvgIpc) is 2.63. The lowest BCUT2D eigenvalue weighted by Crippen LogP contribution is -2.40. The lowest BCUT2D eigenvalue weighted by Gasteiger charge is -2.26. The predicted molar refractivity (Wildman–Crippen MR) is 91.1 cm³/mol. The molecule has 0 saturated carbocycles. The molecule has 3 rings (SSSR count). The Hall–Kier alpha value is -2.01. The average molecular weight is 383 g/mol. The molecule has 2 heterocycles. The Morgan fingerprint density at radius 1 is 1.00 bits per heavy atom. The number of aromatic nitrogens is 1. The van der Waals surface area contributed by atoms with E-state index in [2.05, 4.69) is 9.71 Å². The second-order valence-corrected chi connectivity index (χ2v) is 8.96. The van der Waals surface area contributed by atoms with Crippen LogP contribution < -0.4 is 4.72 Å². The first-order valence-electron chi connectivity index (χ1n) is 7.50. The fraction of sp³-hybridized carbons (Fsp3) is 0.267. The molecule has 0 atom stereocenters. The largest absolute Gasteiger partial charge is 0.379 e. The number of anilines is 1. The van der Waals surface area contributed by atoms with Gasteiger partial charge in [-0.3, -0.25) is 9.71 Å². The van der Waals surface area contributed by atoms with Gasteiger partial charge in [-0.15, -0.1) is 0 Å². The van der Waals surface area contributed by atoms with Crippen molar-refractivity contribution in [2.45, 2.75) is 9.79 Å². The monoisotopic (exact) mass is 383 g/mol. The normalized spacial score (nSPS) is 16.5. The molecular weight excluding hydrogens is 366 g/mol. The highest BCUT2D eigenvalue weighted by atomic mass is 32.2. The minimum atomic E-state index is -3.92. The van der Waals surface area contributed by atoms with Gasteiger partial charge in [-0.05, 0) is 30.3 Å². The van der Waals surface area contributed by atoms with E-state index in [0.717, 1.165) is 6.07 Å². The molecule has 1 aromatic heterocycles. The van der Waals surface area contributed by atoms with Crippen LogP contribution in [0.1, 0.15) is 0 Å². The summed E-state index contributed by atoms with van der Waals surface area (Å²) in [6, 6.07) is 8.44. The molecule has 8 nitrogen and oxygen atoms in total. The molecule has 1 saturated heterocycles. The number of benzene rings is 1. The lowest BCUT2D eigenvalue weighted by molar-refractivity contribution is 0.0730. The first kappa shape index (κ1) is 17.8. The molecule has 10 heteroatoms. The summed E-state index contributed by atoms with van der Waals surface area (Å²) in [5, 5.41) is 0. The third kappa shape index (κ3) is 3.98. The maximum Gasteiger partial charge on any atom is 0.261 e. The molecule has 0 spiro atoms. The molecule has 0 bridgehead atoms. The van der Waals surface area contributed by atoms with Crippen LogP contribution in [0, 0.1) is 0 Å². The fourth-order valence-electron chi connectivity index (χ4n) is 2.38. The van der Waals surface area contributed by atoms with E-state index in [1.165, 1.54) is 34.9 Å². The van der Waals surface area contributed by atoms with E-state index in [4.69, 9.17) is 4.74 Å². The molecule has 0 amide bonds. The summed E-state index contributed by atoms with van der Waals surface area (Å²) < 4.78 is 59.1. The van der Waals surface area contributed by atoms with Gasteiger partial charge in [-0.1, -0.05) is 6.07 Å². The van der Waals surface area contributed by atoms with E-state index in [1.54, 1.807) is 12.1 Å². The van der Waals surface area contributed by atoms with Gasteiger partial charge in [0, 0.05) is 19.3 Å². The number of hydrogen-bond donors (Lipinski definition) is 1. The molecule has 1 aromatic carbocycles. The van der Waals surface area contributed by atoms with Crippen molar-refractivity contribution in [1.29, 1.82) is 0 Å². The maximum absolute atomic E-state index is 12.7. The summed E-state index contributed by atoms with van der Waals surface area (Å²) in [4.78, 5) is 3.64. The molecular formula is C15H17N3O5S2. The van der Waals surface area contributed by atoms with Crippen LogP contribution in [0.15, 0.2) is 58.6 Å². The van der Waals surface area contributed by atoms with Crippen molar-refractivity contribution in [3.63, 3.8) is 0 Å². The maximum atomic E-state index is 12.7. The van der Waals surface area contributed by atoms with Crippen LogP contribution >= 0.6 is 0 Å². The Kier molecular flexibility index (Phi) is 5.04. The van der Waals surface area contributed by atoms with Crippen molar-refractivity contribution in [3.8, 4) is 0 Å².